The molecule has 0 unspecified atom stereocenters. The molecule has 1 aliphatic carbocycles. The van der Waals surface area contributed by atoms with E-state index in [0.29, 0.717) is 5.71 Å². The van der Waals surface area contributed by atoms with Gasteiger partial charge in [0, 0.05) is 32.0 Å². The lowest BCUT2D eigenvalue weighted by Gasteiger charge is -2.50. The van der Waals surface area contributed by atoms with Gasteiger partial charge in [-0.05, 0) is 92.0 Å². The zero-order chi connectivity index (χ0) is 39.4. The van der Waals surface area contributed by atoms with Gasteiger partial charge in [0.25, 0.3) is 0 Å². The van der Waals surface area contributed by atoms with Gasteiger partial charge in [0.05, 0.1) is 16.8 Å². The number of allylic oxidation sites excluding steroid dienone is 1. The van der Waals surface area contributed by atoms with Crippen LogP contribution < -0.4 is 0 Å². The molecule has 2 nitrogen and oxygen atoms in total. The van der Waals surface area contributed by atoms with Crippen LogP contribution in [0.5, 0.6) is 0 Å². The topological polar surface area (TPSA) is 36.2 Å². The minimum Gasteiger partial charge on any atom is -0.300 e. The molecule has 1 aliphatic heterocycles. The maximum Gasteiger partial charge on any atom is 0.0733 e. The molecule has 8 aromatic carbocycles. The van der Waals surface area contributed by atoms with Crippen LogP contribution >= 0.6 is 11.8 Å². The van der Waals surface area contributed by atoms with Crippen molar-refractivity contribution < 1.29 is 0 Å². The molecule has 0 amide bonds. The molecule has 0 fully saturated rings. The van der Waals surface area contributed by atoms with Gasteiger partial charge in [-0.25, -0.2) is 0 Å². The Morgan fingerprint density at radius 3 is 1.86 bits per heavy atom. The van der Waals surface area contributed by atoms with E-state index in [2.05, 4.69) is 178 Å². The molecule has 2 aliphatic rings. The predicted molar refractivity (Wildman–Crippen MR) is 244 cm³/mol. The first kappa shape index (κ1) is 35.8. The molecule has 1 N–H and O–H groups in total. The van der Waals surface area contributed by atoms with Crippen molar-refractivity contribution in [2.75, 3.05) is 0 Å². The first-order valence-electron chi connectivity index (χ1n) is 20.0. The number of aliphatic imine (C=N–C) groups is 1. The summed E-state index contributed by atoms with van der Waals surface area (Å²) in [6.45, 7) is 6.85. The maximum absolute atomic E-state index is 9.29. The first-order valence-corrected chi connectivity index (χ1v) is 20.8. The second-order valence-corrected chi connectivity index (χ2v) is 16.9. The highest BCUT2D eigenvalue weighted by Gasteiger charge is 2.52. The average Bonchev–Trinajstić information content (AvgIpc) is 3.27. The predicted octanol–water partition coefficient (Wildman–Crippen LogP) is 13.9. The molecule has 0 saturated heterocycles. The van der Waals surface area contributed by atoms with Crippen LogP contribution in [0.25, 0.3) is 27.6 Å². The molecule has 0 saturated carbocycles. The molecule has 0 aromatic heterocycles. The first-order chi connectivity index (χ1) is 28.4. The Labute approximate surface area is 345 Å². The Hall–Kier alpha value is -6.55. The van der Waals surface area contributed by atoms with E-state index >= 15 is 0 Å². The van der Waals surface area contributed by atoms with Gasteiger partial charge in [0.1, 0.15) is 0 Å². The van der Waals surface area contributed by atoms with Crippen LogP contribution in [0.2, 0.25) is 0 Å². The highest BCUT2D eigenvalue weighted by Crippen LogP contribution is 2.61. The van der Waals surface area contributed by atoms with Crippen molar-refractivity contribution in [1.29, 1.82) is 5.41 Å². The van der Waals surface area contributed by atoms with Gasteiger partial charge >= 0.3 is 0 Å². The van der Waals surface area contributed by atoms with Crippen LogP contribution in [0.3, 0.4) is 0 Å². The van der Waals surface area contributed by atoms with Crippen LogP contribution in [0.1, 0.15) is 70.8 Å². The Bertz CT molecular complexity index is 2940. The molecule has 10 rings (SSSR count). The van der Waals surface area contributed by atoms with Crippen LogP contribution in [-0.4, -0.2) is 11.4 Å². The lowest BCUT2D eigenvalue weighted by Crippen LogP contribution is -2.43. The van der Waals surface area contributed by atoms with Crippen LogP contribution in [0, 0.1) is 5.41 Å². The molecule has 3 heteroatoms. The number of hydrogen-bond acceptors (Lipinski definition) is 3. The van der Waals surface area contributed by atoms with Gasteiger partial charge in [-0.2, -0.15) is 0 Å². The summed E-state index contributed by atoms with van der Waals surface area (Å²) in [4.78, 5) is 8.01. The van der Waals surface area contributed by atoms with Gasteiger partial charge < -0.3 is 5.41 Å². The molecular formula is C55H42N2S. The van der Waals surface area contributed by atoms with Crippen molar-refractivity contribution in [2.24, 2.45) is 4.99 Å². The number of rotatable bonds is 6. The highest BCUT2D eigenvalue weighted by atomic mass is 32.2. The lowest BCUT2D eigenvalue weighted by molar-refractivity contribution is 0.549. The molecule has 0 atom stereocenters. The largest absolute Gasteiger partial charge is 0.300 e. The third kappa shape index (κ3) is 5.64. The van der Waals surface area contributed by atoms with Crippen molar-refractivity contribution in [2.45, 2.75) is 41.4 Å². The van der Waals surface area contributed by atoms with Gasteiger partial charge in [-0.3, -0.25) is 4.99 Å². The van der Waals surface area contributed by atoms with E-state index in [9.17, 15) is 5.41 Å². The monoisotopic (exact) mass is 762 g/mol. The van der Waals surface area contributed by atoms with E-state index in [1.165, 1.54) is 48.6 Å². The number of benzene rings is 8. The van der Waals surface area contributed by atoms with E-state index in [1.807, 2.05) is 48.2 Å². The Kier molecular flexibility index (Phi) is 8.73. The minimum atomic E-state index is -0.479. The van der Waals surface area contributed by atoms with Crippen LogP contribution in [0.4, 0.5) is 0 Å². The molecule has 58 heavy (non-hydrogen) atoms. The molecule has 0 radical (unpaired) electrons. The third-order valence-corrected chi connectivity index (χ3v) is 13.4. The summed E-state index contributed by atoms with van der Waals surface area (Å²) in [5, 5.41) is 11.6. The molecule has 1 heterocycles. The smallest absolute Gasteiger partial charge is 0.0733 e. The highest BCUT2D eigenvalue weighted by molar-refractivity contribution is 7.99. The fourth-order valence-corrected chi connectivity index (χ4v) is 10.7. The molecule has 8 aromatic rings. The summed E-state index contributed by atoms with van der Waals surface area (Å²) in [5.41, 5.74) is 14.4. The SMILES string of the molecule is C/C(=N\C(=C/C(=N)c1ccccc1)c1ccccc1-c1ccc2c(c1)C(C)(C)c1ccccc1C21c2ccccc2Sc2ccccc21)c1cccc2ccccc12. The third-order valence-electron chi connectivity index (χ3n) is 12.3. The Balaban J connectivity index is 1.20. The second-order valence-electron chi connectivity index (χ2n) is 15.9. The number of nitrogens with zero attached hydrogens (tertiary/aromatic N) is 1. The summed E-state index contributed by atoms with van der Waals surface area (Å²) < 4.78 is 0. The number of nitrogens with one attached hydrogen (secondary N) is 1. The van der Waals surface area contributed by atoms with Gasteiger partial charge in [0.2, 0.25) is 0 Å². The van der Waals surface area contributed by atoms with Crippen molar-refractivity contribution >= 4 is 39.7 Å². The van der Waals surface area contributed by atoms with Gasteiger partial charge in [0.15, 0.2) is 0 Å². The van der Waals surface area contributed by atoms with Gasteiger partial charge in [-0.1, -0.05) is 195 Å². The van der Waals surface area contributed by atoms with E-state index in [0.717, 1.165) is 44.6 Å². The van der Waals surface area contributed by atoms with Crippen molar-refractivity contribution in [3.05, 3.63) is 244 Å². The fourth-order valence-electron chi connectivity index (χ4n) is 9.52. The number of hydrogen-bond donors (Lipinski definition) is 1. The van der Waals surface area contributed by atoms with Crippen molar-refractivity contribution in [3.63, 3.8) is 0 Å². The number of fused-ring (bicyclic) bond motifs is 9. The Morgan fingerprint density at radius 1 is 0.534 bits per heavy atom. The van der Waals surface area contributed by atoms with E-state index in [1.54, 1.807) is 0 Å². The zero-order valence-corrected chi connectivity index (χ0v) is 33.6. The summed E-state index contributed by atoms with van der Waals surface area (Å²) in [6, 6.07) is 67.6. The summed E-state index contributed by atoms with van der Waals surface area (Å²) in [6.07, 6.45) is 1.93. The van der Waals surface area contributed by atoms with Crippen molar-refractivity contribution in [3.8, 4) is 11.1 Å². The minimum absolute atomic E-state index is 0.284. The van der Waals surface area contributed by atoms with E-state index < -0.39 is 5.41 Å². The van der Waals surface area contributed by atoms with Crippen LogP contribution in [-0.2, 0) is 10.8 Å². The van der Waals surface area contributed by atoms with Crippen LogP contribution in [0.15, 0.2) is 209 Å². The summed E-state index contributed by atoms with van der Waals surface area (Å²) in [5.74, 6) is 0. The summed E-state index contributed by atoms with van der Waals surface area (Å²) >= 11 is 1.88. The maximum atomic E-state index is 9.29. The zero-order valence-electron chi connectivity index (χ0n) is 32.8. The van der Waals surface area contributed by atoms with E-state index in [-0.39, 0.29) is 5.41 Å². The van der Waals surface area contributed by atoms with Gasteiger partial charge in [-0.15, -0.1) is 0 Å². The van der Waals surface area contributed by atoms with E-state index in [4.69, 9.17) is 4.99 Å². The molecule has 0 bridgehead atoms. The average molecular weight is 763 g/mol. The second kappa shape index (κ2) is 14.1. The molecular weight excluding hydrogens is 721 g/mol. The molecule has 1 spiro atoms. The van der Waals surface area contributed by atoms with Crippen molar-refractivity contribution in [1.82, 2.24) is 0 Å². The quantitative estimate of drug-likeness (QED) is 0.168. The normalized spacial score (nSPS) is 14.9. The fraction of sp³-hybridized carbons (Fsp3) is 0.0909. The Morgan fingerprint density at radius 2 is 1.10 bits per heavy atom. The standard InChI is InChI=1S/C55H42N2S/c1-36(40-25-17-21-37-18-7-8-22-41(37)40)57-51(35-50(56)38-19-5-4-6-20-38)43-24-10-9-23-42(43)39-32-33-46-49(34-39)54(2,3)44-26-11-12-27-45(44)55(46)47-28-13-15-30-52(47)58-53-31-16-14-29-48(53)55/h4-35,56H,1-3H3/b51-35-,56-50?,57-36+. The molecule has 278 valence electrons. The lowest BCUT2D eigenvalue weighted by atomic mass is 9.54. The summed E-state index contributed by atoms with van der Waals surface area (Å²) in [7, 11) is 0.